The molecule has 1 saturated heterocycles. The first-order valence-corrected chi connectivity index (χ1v) is 10.3. The molecule has 0 N–H and O–H groups in total. The lowest BCUT2D eigenvalue weighted by atomic mass is 9.85. The number of para-hydroxylation sites is 2. The number of imide groups is 1. The van der Waals surface area contributed by atoms with Crippen LogP contribution in [-0.2, 0) is 9.59 Å². The van der Waals surface area contributed by atoms with Gasteiger partial charge < -0.3 is 4.74 Å². The SMILES string of the molecule is Cc1ccc(C(=O)COc2ccccc2N2C(=O)[C@@H]3[C@@H](C2=O)[C@H]2C=C[C@H]3C2)cc1C. The number of ether oxygens (including phenoxy) is 1. The number of Topliss-reactive ketones (excluding diaryl/α,β-unsaturated/α-hetero) is 1. The van der Waals surface area contributed by atoms with Gasteiger partial charge in [0.2, 0.25) is 11.8 Å². The molecule has 0 radical (unpaired) electrons. The van der Waals surface area contributed by atoms with Gasteiger partial charge in [-0.15, -0.1) is 0 Å². The molecule has 1 saturated carbocycles. The normalized spacial score (nSPS) is 26.4. The van der Waals surface area contributed by atoms with Crippen LogP contribution in [0.2, 0.25) is 0 Å². The molecule has 5 rings (SSSR count). The molecule has 0 spiro atoms. The molecule has 2 aliphatic carbocycles. The number of nitrogens with zero attached hydrogens (tertiary/aromatic N) is 1. The van der Waals surface area contributed by atoms with E-state index in [4.69, 9.17) is 4.74 Å². The molecule has 2 aromatic carbocycles. The standard InChI is InChI=1S/C25H23NO4/c1-14-7-8-16(11-15(14)2)20(27)13-30-21-6-4-3-5-19(21)26-24(28)22-17-9-10-18(12-17)23(22)25(26)29/h3-11,17-18,22-23H,12-13H2,1-2H3/t17-,18-,22-,23-/m0/s1. The van der Waals surface area contributed by atoms with Crippen molar-refractivity contribution in [2.24, 2.45) is 23.7 Å². The number of amides is 2. The second-order valence-corrected chi connectivity index (χ2v) is 8.49. The van der Waals surface area contributed by atoms with Crippen molar-refractivity contribution in [2.75, 3.05) is 11.5 Å². The van der Waals surface area contributed by atoms with Gasteiger partial charge in [0.15, 0.2) is 12.4 Å². The lowest BCUT2D eigenvalue weighted by Gasteiger charge is -2.20. The molecule has 2 amide bonds. The Balaban J connectivity index is 1.37. The zero-order valence-corrected chi connectivity index (χ0v) is 17.0. The highest BCUT2D eigenvalue weighted by Gasteiger charge is 2.59. The quantitative estimate of drug-likeness (QED) is 0.433. The van der Waals surface area contributed by atoms with E-state index in [0.717, 1.165) is 17.5 Å². The third-order valence-electron chi connectivity index (χ3n) is 6.76. The van der Waals surface area contributed by atoms with Crippen LogP contribution in [0.3, 0.4) is 0 Å². The van der Waals surface area contributed by atoms with Gasteiger partial charge in [-0.25, -0.2) is 4.90 Å². The molecule has 0 aromatic heterocycles. The Bertz CT molecular complexity index is 1070. The van der Waals surface area contributed by atoms with Crippen LogP contribution in [0, 0.1) is 37.5 Å². The van der Waals surface area contributed by atoms with E-state index in [1.807, 2.05) is 26.0 Å². The van der Waals surface area contributed by atoms with Crippen LogP contribution in [0.5, 0.6) is 5.75 Å². The summed E-state index contributed by atoms with van der Waals surface area (Å²) in [6.45, 7) is 3.80. The molecule has 5 nitrogen and oxygen atoms in total. The summed E-state index contributed by atoms with van der Waals surface area (Å²) in [6, 6.07) is 12.5. The number of ketones is 1. The number of hydrogen-bond acceptors (Lipinski definition) is 4. The van der Waals surface area contributed by atoms with Crippen molar-refractivity contribution in [3.63, 3.8) is 0 Å². The lowest BCUT2D eigenvalue weighted by Crippen LogP contribution is -2.33. The summed E-state index contributed by atoms with van der Waals surface area (Å²) in [7, 11) is 0. The summed E-state index contributed by atoms with van der Waals surface area (Å²) in [6.07, 6.45) is 5.04. The molecule has 2 fully saturated rings. The van der Waals surface area contributed by atoms with Gasteiger partial charge in [-0.2, -0.15) is 0 Å². The highest BCUT2D eigenvalue weighted by molar-refractivity contribution is 6.23. The van der Waals surface area contributed by atoms with Gasteiger partial charge in [0, 0.05) is 5.56 Å². The first kappa shape index (κ1) is 18.8. The molecule has 2 aromatic rings. The Morgan fingerprint density at radius 3 is 2.30 bits per heavy atom. The summed E-state index contributed by atoms with van der Waals surface area (Å²) in [5.74, 6) is -0.309. The summed E-state index contributed by atoms with van der Waals surface area (Å²) in [5, 5.41) is 0. The van der Waals surface area contributed by atoms with Crippen molar-refractivity contribution in [2.45, 2.75) is 20.3 Å². The number of carbonyl (C=O) groups excluding carboxylic acids is 3. The Hall–Kier alpha value is -3.21. The predicted molar refractivity (Wildman–Crippen MR) is 112 cm³/mol. The van der Waals surface area contributed by atoms with Crippen LogP contribution in [-0.4, -0.2) is 24.2 Å². The fraction of sp³-hybridized carbons (Fsp3) is 0.320. The summed E-state index contributed by atoms with van der Waals surface area (Å²) >= 11 is 0. The van der Waals surface area contributed by atoms with Gasteiger partial charge >= 0.3 is 0 Å². The minimum Gasteiger partial charge on any atom is -0.483 e. The van der Waals surface area contributed by atoms with Gasteiger partial charge in [-0.1, -0.05) is 36.4 Å². The average molecular weight is 401 g/mol. The van der Waals surface area contributed by atoms with Gasteiger partial charge in [-0.3, -0.25) is 14.4 Å². The maximum absolute atomic E-state index is 13.1. The van der Waals surface area contributed by atoms with Crippen LogP contribution in [0.4, 0.5) is 5.69 Å². The van der Waals surface area contributed by atoms with Crippen molar-refractivity contribution in [3.8, 4) is 5.75 Å². The average Bonchev–Trinajstić information content (AvgIpc) is 3.42. The van der Waals surface area contributed by atoms with Gasteiger partial charge in [0.1, 0.15) is 5.75 Å². The van der Waals surface area contributed by atoms with Crippen molar-refractivity contribution < 1.29 is 19.1 Å². The topological polar surface area (TPSA) is 63.7 Å². The van der Waals surface area contributed by atoms with E-state index in [-0.39, 0.29) is 47.9 Å². The van der Waals surface area contributed by atoms with Gasteiger partial charge in [0.05, 0.1) is 17.5 Å². The molecule has 4 atom stereocenters. The van der Waals surface area contributed by atoms with Crippen LogP contribution in [0.25, 0.3) is 0 Å². The largest absolute Gasteiger partial charge is 0.483 e. The molecule has 5 heteroatoms. The summed E-state index contributed by atoms with van der Waals surface area (Å²) in [5.41, 5.74) is 3.18. The van der Waals surface area contributed by atoms with Crippen molar-refractivity contribution >= 4 is 23.3 Å². The first-order valence-electron chi connectivity index (χ1n) is 10.3. The summed E-state index contributed by atoms with van der Waals surface area (Å²) in [4.78, 5) is 40.1. The third-order valence-corrected chi connectivity index (χ3v) is 6.76. The van der Waals surface area contributed by atoms with Crippen LogP contribution >= 0.6 is 0 Å². The molecule has 1 heterocycles. The second kappa shape index (κ2) is 6.94. The summed E-state index contributed by atoms with van der Waals surface area (Å²) < 4.78 is 5.81. The molecular formula is C25H23NO4. The van der Waals surface area contributed by atoms with E-state index in [0.29, 0.717) is 17.0 Å². The van der Waals surface area contributed by atoms with Crippen LogP contribution in [0.1, 0.15) is 27.9 Å². The number of carbonyl (C=O) groups is 3. The van der Waals surface area contributed by atoms with E-state index in [2.05, 4.69) is 12.2 Å². The zero-order valence-electron chi connectivity index (χ0n) is 17.0. The van der Waals surface area contributed by atoms with Crippen molar-refractivity contribution in [3.05, 3.63) is 71.3 Å². The fourth-order valence-corrected chi connectivity index (χ4v) is 5.05. The fourth-order valence-electron chi connectivity index (χ4n) is 5.05. The second-order valence-electron chi connectivity index (χ2n) is 8.49. The van der Waals surface area contributed by atoms with E-state index < -0.39 is 0 Å². The highest BCUT2D eigenvalue weighted by Crippen LogP contribution is 2.53. The number of aryl methyl sites for hydroxylation is 2. The number of fused-ring (bicyclic) bond motifs is 5. The third kappa shape index (κ3) is 2.80. The van der Waals surface area contributed by atoms with Crippen molar-refractivity contribution in [1.82, 2.24) is 0 Å². The Morgan fingerprint density at radius 2 is 1.63 bits per heavy atom. The Kier molecular flexibility index (Phi) is 4.35. The minimum atomic E-state index is -0.266. The van der Waals surface area contributed by atoms with Gasteiger partial charge in [-0.05, 0) is 61.4 Å². The number of hydrogen-bond donors (Lipinski definition) is 0. The smallest absolute Gasteiger partial charge is 0.238 e. The molecular weight excluding hydrogens is 378 g/mol. The number of anilines is 1. The number of rotatable bonds is 5. The van der Waals surface area contributed by atoms with Gasteiger partial charge in [0.25, 0.3) is 0 Å². The van der Waals surface area contributed by atoms with Crippen LogP contribution < -0.4 is 9.64 Å². The van der Waals surface area contributed by atoms with E-state index >= 15 is 0 Å². The Labute approximate surface area is 175 Å². The molecule has 30 heavy (non-hydrogen) atoms. The van der Waals surface area contributed by atoms with E-state index in [9.17, 15) is 14.4 Å². The molecule has 152 valence electrons. The van der Waals surface area contributed by atoms with Crippen molar-refractivity contribution in [1.29, 1.82) is 0 Å². The minimum absolute atomic E-state index is 0.147. The van der Waals surface area contributed by atoms with E-state index in [1.165, 1.54) is 4.90 Å². The lowest BCUT2D eigenvalue weighted by molar-refractivity contribution is -0.123. The monoisotopic (exact) mass is 401 g/mol. The Morgan fingerprint density at radius 1 is 0.967 bits per heavy atom. The maximum Gasteiger partial charge on any atom is 0.238 e. The van der Waals surface area contributed by atoms with Crippen LogP contribution in [0.15, 0.2) is 54.6 Å². The number of allylic oxidation sites excluding steroid dienone is 2. The van der Waals surface area contributed by atoms with E-state index in [1.54, 1.807) is 30.3 Å². The molecule has 2 bridgehead atoms. The molecule has 1 aliphatic heterocycles. The molecule has 3 aliphatic rings. The highest BCUT2D eigenvalue weighted by atomic mass is 16.5. The maximum atomic E-state index is 13.1. The predicted octanol–water partition coefficient (Wildman–Crippen LogP) is 3.88. The first-order chi connectivity index (χ1) is 14.5. The molecule has 0 unspecified atom stereocenters. The zero-order chi connectivity index (χ0) is 21.0. The number of benzene rings is 2.